The van der Waals surface area contributed by atoms with E-state index in [2.05, 4.69) is 6.58 Å². The molecule has 0 heterocycles. The van der Waals surface area contributed by atoms with E-state index in [1.54, 1.807) is 0 Å². The van der Waals surface area contributed by atoms with Crippen molar-refractivity contribution < 1.29 is 14.7 Å². The van der Waals surface area contributed by atoms with Gasteiger partial charge in [0, 0.05) is 19.0 Å². The lowest BCUT2D eigenvalue weighted by Crippen LogP contribution is -2.37. The Kier molecular flexibility index (Phi) is 5.75. The lowest BCUT2D eigenvalue weighted by atomic mass is 10.0. The summed E-state index contributed by atoms with van der Waals surface area (Å²) in [5.74, 6) is -1.35. The molecule has 0 aliphatic carbocycles. The second-order valence-corrected chi connectivity index (χ2v) is 4.18. The molecule has 1 atom stereocenters. The van der Waals surface area contributed by atoms with Crippen LogP contribution in [0.1, 0.15) is 18.0 Å². The molecule has 0 radical (unpaired) electrons. The maximum atomic E-state index is 12.0. The Labute approximate surface area is 112 Å². The van der Waals surface area contributed by atoms with Gasteiger partial charge in [-0.1, -0.05) is 36.4 Å². The summed E-state index contributed by atoms with van der Waals surface area (Å²) in [5.41, 5.74) is 6.79. The third-order valence-corrected chi connectivity index (χ3v) is 2.65. The van der Waals surface area contributed by atoms with Crippen molar-refractivity contribution in [3.05, 3.63) is 48.6 Å². The zero-order valence-electron chi connectivity index (χ0n) is 10.7. The van der Waals surface area contributed by atoms with Crippen molar-refractivity contribution in [2.75, 3.05) is 13.1 Å². The van der Waals surface area contributed by atoms with Crippen molar-refractivity contribution >= 4 is 11.9 Å². The number of carboxylic acids is 1. The molecule has 102 valence electrons. The molecule has 0 aliphatic heterocycles. The maximum absolute atomic E-state index is 12.0. The minimum atomic E-state index is -1.05. The fourth-order valence-electron chi connectivity index (χ4n) is 1.71. The van der Waals surface area contributed by atoms with E-state index in [-0.39, 0.29) is 25.4 Å². The lowest BCUT2D eigenvalue weighted by molar-refractivity contribution is -0.144. The molecule has 1 aromatic rings. The van der Waals surface area contributed by atoms with E-state index in [4.69, 9.17) is 10.8 Å². The number of carbonyl (C=O) groups excluding carboxylic acids is 1. The molecule has 0 fully saturated rings. The van der Waals surface area contributed by atoms with Gasteiger partial charge in [-0.3, -0.25) is 9.59 Å². The Morgan fingerprint density at radius 3 is 2.53 bits per heavy atom. The SMILES string of the molecule is C=CCN(CC(=O)O)C(=O)CC(N)c1ccccc1. The van der Waals surface area contributed by atoms with E-state index >= 15 is 0 Å². The molecule has 1 aromatic carbocycles. The van der Waals surface area contributed by atoms with Crippen LogP contribution in [0.4, 0.5) is 0 Å². The molecule has 19 heavy (non-hydrogen) atoms. The van der Waals surface area contributed by atoms with Crippen LogP contribution in [0.5, 0.6) is 0 Å². The quantitative estimate of drug-likeness (QED) is 0.723. The summed E-state index contributed by atoms with van der Waals surface area (Å²) in [6.07, 6.45) is 1.57. The maximum Gasteiger partial charge on any atom is 0.323 e. The predicted molar refractivity (Wildman–Crippen MR) is 72.4 cm³/mol. The van der Waals surface area contributed by atoms with Crippen LogP contribution in [0.25, 0.3) is 0 Å². The Morgan fingerprint density at radius 2 is 2.00 bits per heavy atom. The molecule has 0 saturated heterocycles. The number of nitrogens with zero attached hydrogens (tertiary/aromatic N) is 1. The number of rotatable bonds is 7. The number of benzene rings is 1. The molecule has 0 aromatic heterocycles. The number of carboxylic acid groups (broad SMARTS) is 1. The number of nitrogens with two attached hydrogens (primary N) is 1. The first-order valence-electron chi connectivity index (χ1n) is 5.95. The second kappa shape index (κ2) is 7.33. The average Bonchev–Trinajstić information content (AvgIpc) is 2.38. The number of aliphatic carboxylic acids is 1. The molecule has 0 bridgehead atoms. The van der Waals surface area contributed by atoms with Gasteiger partial charge in [0.15, 0.2) is 0 Å². The highest BCUT2D eigenvalue weighted by molar-refractivity contribution is 5.82. The number of carbonyl (C=O) groups is 2. The van der Waals surface area contributed by atoms with Crippen molar-refractivity contribution in [1.29, 1.82) is 0 Å². The van der Waals surface area contributed by atoms with Crippen LogP contribution in [0.15, 0.2) is 43.0 Å². The largest absolute Gasteiger partial charge is 0.480 e. The monoisotopic (exact) mass is 262 g/mol. The second-order valence-electron chi connectivity index (χ2n) is 4.18. The summed E-state index contributed by atoms with van der Waals surface area (Å²) >= 11 is 0. The van der Waals surface area contributed by atoms with Crippen LogP contribution >= 0.6 is 0 Å². The molecule has 1 rings (SSSR count). The normalized spacial score (nSPS) is 11.6. The van der Waals surface area contributed by atoms with Gasteiger partial charge in [0.1, 0.15) is 6.54 Å². The molecular weight excluding hydrogens is 244 g/mol. The van der Waals surface area contributed by atoms with Crippen LogP contribution < -0.4 is 5.73 Å². The lowest BCUT2D eigenvalue weighted by Gasteiger charge is -2.21. The van der Waals surface area contributed by atoms with Crippen LogP contribution in [-0.2, 0) is 9.59 Å². The Hall–Kier alpha value is -2.14. The van der Waals surface area contributed by atoms with Gasteiger partial charge in [-0.05, 0) is 5.56 Å². The predicted octanol–water partition coefficient (Wildman–Crippen LogP) is 1.18. The number of amides is 1. The van der Waals surface area contributed by atoms with E-state index in [1.165, 1.54) is 11.0 Å². The van der Waals surface area contributed by atoms with Crippen LogP contribution in [0, 0.1) is 0 Å². The Balaban J connectivity index is 2.65. The molecule has 5 nitrogen and oxygen atoms in total. The Bertz CT molecular complexity index is 445. The van der Waals surface area contributed by atoms with Gasteiger partial charge in [-0.2, -0.15) is 0 Å². The standard InChI is InChI=1S/C14H18N2O3/c1-2-8-16(10-14(18)19)13(17)9-12(15)11-6-4-3-5-7-11/h2-7,12H,1,8-10,15H2,(H,18,19). The smallest absolute Gasteiger partial charge is 0.323 e. The number of hydrogen-bond acceptors (Lipinski definition) is 3. The first-order valence-corrected chi connectivity index (χ1v) is 5.95. The highest BCUT2D eigenvalue weighted by Gasteiger charge is 2.19. The topological polar surface area (TPSA) is 83.6 Å². The molecular formula is C14H18N2O3. The summed E-state index contributed by atoms with van der Waals surface area (Å²) < 4.78 is 0. The summed E-state index contributed by atoms with van der Waals surface area (Å²) in [6.45, 7) is 3.37. The van der Waals surface area contributed by atoms with Crippen molar-refractivity contribution in [3.8, 4) is 0 Å². The minimum absolute atomic E-state index is 0.0745. The average molecular weight is 262 g/mol. The molecule has 0 saturated carbocycles. The highest BCUT2D eigenvalue weighted by atomic mass is 16.4. The molecule has 1 unspecified atom stereocenters. The molecule has 0 spiro atoms. The van der Waals surface area contributed by atoms with Crippen molar-refractivity contribution in [2.24, 2.45) is 5.73 Å². The van der Waals surface area contributed by atoms with E-state index in [9.17, 15) is 9.59 Å². The first kappa shape index (κ1) is 14.9. The van der Waals surface area contributed by atoms with Gasteiger partial charge < -0.3 is 15.7 Å². The third kappa shape index (κ3) is 4.93. The summed E-state index contributed by atoms with van der Waals surface area (Å²) in [6, 6.07) is 8.80. The summed E-state index contributed by atoms with van der Waals surface area (Å²) in [7, 11) is 0. The van der Waals surface area contributed by atoms with E-state index in [0.29, 0.717) is 0 Å². The molecule has 5 heteroatoms. The van der Waals surface area contributed by atoms with Gasteiger partial charge in [0.05, 0.1) is 0 Å². The zero-order chi connectivity index (χ0) is 14.3. The summed E-state index contributed by atoms with van der Waals surface area (Å²) in [5, 5.41) is 8.75. The molecule has 1 amide bonds. The fourth-order valence-corrected chi connectivity index (χ4v) is 1.71. The minimum Gasteiger partial charge on any atom is -0.480 e. The summed E-state index contributed by atoms with van der Waals surface area (Å²) in [4.78, 5) is 23.9. The van der Waals surface area contributed by atoms with E-state index < -0.39 is 12.0 Å². The third-order valence-electron chi connectivity index (χ3n) is 2.65. The van der Waals surface area contributed by atoms with Crippen molar-refractivity contribution in [3.63, 3.8) is 0 Å². The van der Waals surface area contributed by atoms with Crippen molar-refractivity contribution in [2.45, 2.75) is 12.5 Å². The zero-order valence-corrected chi connectivity index (χ0v) is 10.7. The highest BCUT2D eigenvalue weighted by Crippen LogP contribution is 2.14. The molecule has 0 aliphatic rings. The molecule has 3 N–H and O–H groups in total. The van der Waals surface area contributed by atoms with Gasteiger partial charge in [-0.15, -0.1) is 6.58 Å². The van der Waals surface area contributed by atoms with Gasteiger partial charge in [-0.25, -0.2) is 0 Å². The van der Waals surface area contributed by atoms with Gasteiger partial charge in [0.2, 0.25) is 5.91 Å². The van der Waals surface area contributed by atoms with Gasteiger partial charge in [0.25, 0.3) is 0 Å². The number of hydrogen-bond donors (Lipinski definition) is 2. The van der Waals surface area contributed by atoms with E-state index in [0.717, 1.165) is 5.56 Å². The Morgan fingerprint density at radius 1 is 1.37 bits per heavy atom. The van der Waals surface area contributed by atoms with Crippen LogP contribution in [0.3, 0.4) is 0 Å². The van der Waals surface area contributed by atoms with Crippen LogP contribution in [0.2, 0.25) is 0 Å². The fraction of sp³-hybridized carbons (Fsp3) is 0.286. The van der Waals surface area contributed by atoms with Gasteiger partial charge >= 0.3 is 5.97 Å². The van der Waals surface area contributed by atoms with Crippen LogP contribution in [-0.4, -0.2) is 35.0 Å². The first-order chi connectivity index (χ1) is 9.04. The van der Waals surface area contributed by atoms with E-state index in [1.807, 2.05) is 30.3 Å². The van der Waals surface area contributed by atoms with Crippen molar-refractivity contribution in [1.82, 2.24) is 4.90 Å².